The standard InChI is InChI=1S/C25H36FNO9/c1-24(2,3)36-23(32)27-18(22(30)31)11-8-16(21(28)29)12-15-6-9-17(10-7-15)33-14-20-19(13-26)34-25(4,5)35-20/h6-7,9-10,16,18-20H,8,11-14H2,1-5H3,(H,27,32)(H,28,29)(H,30,31)/t16?,18-,19-,20-/m0/s1. The topological polar surface area (TPSA) is 141 Å². The highest BCUT2D eigenvalue weighted by Crippen LogP contribution is 2.29. The fourth-order valence-electron chi connectivity index (χ4n) is 3.75. The van der Waals surface area contributed by atoms with Gasteiger partial charge in [0.2, 0.25) is 0 Å². The third-order valence-corrected chi connectivity index (χ3v) is 5.40. The molecule has 11 heteroatoms. The summed E-state index contributed by atoms with van der Waals surface area (Å²) in [5.41, 5.74) is -0.0827. The van der Waals surface area contributed by atoms with Crippen LogP contribution < -0.4 is 10.1 Å². The maximum atomic E-state index is 13.2. The molecule has 3 N–H and O–H groups in total. The Morgan fingerprint density at radius 3 is 2.19 bits per heavy atom. The zero-order valence-electron chi connectivity index (χ0n) is 21.3. The summed E-state index contributed by atoms with van der Waals surface area (Å²) < 4.78 is 35.1. The maximum absolute atomic E-state index is 13.2. The Morgan fingerprint density at radius 2 is 1.67 bits per heavy atom. The number of amides is 1. The number of carbonyl (C=O) groups is 3. The normalized spacial score (nSPS) is 20.8. The van der Waals surface area contributed by atoms with Gasteiger partial charge < -0.3 is 34.5 Å². The van der Waals surface area contributed by atoms with E-state index in [0.29, 0.717) is 11.3 Å². The Kier molecular flexibility index (Phi) is 10.1. The van der Waals surface area contributed by atoms with Crippen LogP contribution in [0.2, 0.25) is 0 Å². The van der Waals surface area contributed by atoms with Crippen LogP contribution in [-0.4, -0.2) is 71.2 Å². The van der Waals surface area contributed by atoms with Crippen LogP contribution in [0.5, 0.6) is 5.75 Å². The minimum absolute atomic E-state index is 0.0276. The average Bonchev–Trinajstić information content (AvgIpc) is 3.07. The summed E-state index contributed by atoms with van der Waals surface area (Å²) in [5.74, 6) is -3.60. The molecule has 1 amide bonds. The molecule has 1 aromatic rings. The van der Waals surface area contributed by atoms with E-state index in [0.717, 1.165) is 0 Å². The van der Waals surface area contributed by atoms with E-state index in [-0.39, 0.29) is 25.9 Å². The van der Waals surface area contributed by atoms with Crippen molar-refractivity contribution in [1.29, 1.82) is 0 Å². The van der Waals surface area contributed by atoms with Crippen LogP contribution in [0.15, 0.2) is 24.3 Å². The number of halogens is 1. The highest BCUT2D eigenvalue weighted by Gasteiger charge is 2.41. The third-order valence-electron chi connectivity index (χ3n) is 5.40. The largest absolute Gasteiger partial charge is 0.491 e. The molecule has 0 aliphatic carbocycles. The van der Waals surface area contributed by atoms with Crippen molar-refractivity contribution in [2.75, 3.05) is 13.3 Å². The molecule has 0 saturated carbocycles. The second kappa shape index (κ2) is 12.4. The van der Waals surface area contributed by atoms with E-state index < -0.39 is 60.3 Å². The monoisotopic (exact) mass is 513 g/mol. The molecular formula is C25H36FNO9. The van der Waals surface area contributed by atoms with Crippen LogP contribution in [0.4, 0.5) is 9.18 Å². The van der Waals surface area contributed by atoms with Gasteiger partial charge in [0.1, 0.15) is 42.9 Å². The van der Waals surface area contributed by atoms with Crippen molar-refractivity contribution in [2.45, 2.75) is 83.5 Å². The molecule has 0 bridgehead atoms. The molecule has 1 aliphatic rings. The Hall–Kier alpha value is -2.92. The molecule has 1 saturated heterocycles. The molecule has 1 heterocycles. The molecule has 36 heavy (non-hydrogen) atoms. The van der Waals surface area contributed by atoms with Crippen LogP contribution >= 0.6 is 0 Å². The average molecular weight is 514 g/mol. The van der Waals surface area contributed by atoms with Crippen molar-refractivity contribution in [1.82, 2.24) is 5.32 Å². The van der Waals surface area contributed by atoms with Crippen LogP contribution in [0.3, 0.4) is 0 Å². The van der Waals surface area contributed by atoms with E-state index in [2.05, 4.69) is 5.32 Å². The van der Waals surface area contributed by atoms with Gasteiger partial charge in [-0.3, -0.25) is 4.79 Å². The van der Waals surface area contributed by atoms with Crippen LogP contribution in [0.1, 0.15) is 53.0 Å². The van der Waals surface area contributed by atoms with Crippen molar-refractivity contribution < 1.29 is 47.9 Å². The van der Waals surface area contributed by atoms with E-state index in [1.54, 1.807) is 58.9 Å². The first-order valence-electron chi connectivity index (χ1n) is 11.8. The zero-order valence-corrected chi connectivity index (χ0v) is 21.3. The Balaban J connectivity index is 1.91. The number of carbonyl (C=O) groups excluding carboxylic acids is 1. The lowest BCUT2D eigenvalue weighted by Crippen LogP contribution is -2.43. The molecule has 0 aromatic heterocycles. The number of nitrogens with one attached hydrogen (secondary N) is 1. The highest BCUT2D eigenvalue weighted by atomic mass is 19.1. The number of benzene rings is 1. The van der Waals surface area contributed by atoms with Gasteiger partial charge in [0.15, 0.2) is 5.79 Å². The minimum atomic E-state index is -1.28. The second-order valence-corrected chi connectivity index (χ2v) is 10.2. The maximum Gasteiger partial charge on any atom is 0.408 e. The summed E-state index contributed by atoms with van der Waals surface area (Å²) in [7, 11) is 0. The smallest absolute Gasteiger partial charge is 0.408 e. The summed E-state index contributed by atoms with van der Waals surface area (Å²) in [6.07, 6.45) is -2.05. The number of carboxylic acid groups (broad SMARTS) is 2. The molecule has 202 valence electrons. The van der Waals surface area contributed by atoms with Gasteiger partial charge in [0, 0.05) is 0 Å². The number of rotatable bonds is 12. The number of alkyl carbamates (subject to hydrolysis) is 1. The molecule has 1 aliphatic heterocycles. The first-order valence-corrected chi connectivity index (χ1v) is 11.8. The molecule has 4 atom stereocenters. The van der Waals surface area contributed by atoms with E-state index in [1.165, 1.54) is 0 Å². The van der Waals surface area contributed by atoms with Crippen molar-refractivity contribution in [3.8, 4) is 5.75 Å². The van der Waals surface area contributed by atoms with Gasteiger partial charge in [-0.15, -0.1) is 0 Å². The Bertz CT molecular complexity index is 898. The molecule has 0 radical (unpaired) electrons. The summed E-state index contributed by atoms with van der Waals surface area (Å²) in [6, 6.07) is 5.48. The number of carboxylic acids is 2. The van der Waals surface area contributed by atoms with Crippen molar-refractivity contribution >= 4 is 18.0 Å². The zero-order chi connectivity index (χ0) is 27.1. The van der Waals surface area contributed by atoms with Crippen molar-refractivity contribution in [2.24, 2.45) is 5.92 Å². The van der Waals surface area contributed by atoms with E-state index in [4.69, 9.17) is 18.9 Å². The van der Waals surface area contributed by atoms with E-state index >= 15 is 0 Å². The molecule has 2 rings (SSSR count). The molecule has 10 nitrogen and oxygen atoms in total. The van der Waals surface area contributed by atoms with E-state index in [1.807, 2.05) is 0 Å². The van der Waals surface area contributed by atoms with Gasteiger partial charge in [-0.2, -0.15) is 0 Å². The van der Waals surface area contributed by atoms with E-state index in [9.17, 15) is 29.0 Å². The van der Waals surface area contributed by atoms with Crippen molar-refractivity contribution in [3.05, 3.63) is 29.8 Å². The Morgan fingerprint density at radius 1 is 1.06 bits per heavy atom. The van der Waals surface area contributed by atoms with Crippen LogP contribution in [0.25, 0.3) is 0 Å². The van der Waals surface area contributed by atoms with Crippen LogP contribution in [-0.2, 0) is 30.2 Å². The van der Waals surface area contributed by atoms with Gasteiger partial charge >= 0.3 is 18.0 Å². The number of hydrogen-bond acceptors (Lipinski definition) is 7. The van der Waals surface area contributed by atoms with Gasteiger partial charge in [0.05, 0.1) is 5.92 Å². The van der Waals surface area contributed by atoms with Crippen molar-refractivity contribution in [3.63, 3.8) is 0 Å². The van der Waals surface area contributed by atoms with Gasteiger partial charge in [-0.05, 0) is 71.6 Å². The molecule has 0 spiro atoms. The van der Waals surface area contributed by atoms with Gasteiger partial charge in [-0.1, -0.05) is 12.1 Å². The predicted octanol–water partition coefficient (Wildman–Crippen LogP) is 3.56. The lowest BCUT2D eigenvalue weighted by Gasteiger charge is -2.22. The lowest BCUT2D eigenvalue weighted by atomic mass is 9.93. The summed E-state index contributed by atoms with van der Waals surface area (Å²) in [6.45, 7) is 7.76. The lowest BCUT2D eigenvalue weighted by molar-refractivity contribution is -0.149. The molecule has 1 fully saturated rings. The summed E-state index contributed by atoms with van der Waals surface area (Å²) in [5, 5.41) is 21.3. The fourth-order valence-corrected chi connectivity index (χ4v) is 3.75. The quantitative estimate of drug-likeness (QED) is 0.383. The first-order chi connectivity index (χ1) is 16.7. The first kappa shape index (κ1) is 29.3. The number of ether oxygens (including phenoxy) is 4. The van der Waals surface area contributed by atoms with Gasteiger partial charge in [-0.25, -0.2) is 14.0 Å². The highest BCUT2D eigenvalue weighted by molar-refractivity contribution is 5.80. The number of hydrogen-bond donors (Lipinski definition) is 3. The number of aliphatic carboxylic acids is 2. The third kappa shape index (κ3) is 9.62. The molecular weight excluding hydrogens is 477 g/mol. The predicted molar refractivity (Wildman–Crippen MR) is 127 cm³/mol. The van der Waals surface area contributed by atoms with Crippen LogP contribution in [0, 0.1) is 5.92 Å². The fraction of sp³-hybridized carbons (Fsp3) is 0.640. The molecule has 1 aromatic carbocycles. The number of alkyl halides is 1. The summed E-state index contributed by atoms with van der Waals surface area (Å²) in [4.78, 5) is 35.2. The summed E-state index contributed by atoms with van der Waals surface area (Å²) >= 11 is 0. The SMILES string of the molecule is CC(C)(C)OC(=O)N[C@@H](CCC(Cc1ccc(OC[C@@H]2OC(C)(C)O[C@H]2CF)cc1)C(=O)O)C(=O)O. The minimum Gasteiger partial charge on any atom is -0.491 e. The van der Waals surface area contributed by atoms with Gasteiger partial charge in [0.25, 0.3) is 0 Å². The Labute approximate surface area is 210 Å². The second-order valence-electron chi connectivity index (χ2n) is 10.2. The molecule has 1 unspecified atom stereocenters.